The number of amides is 2. The van der Waals surface area contributed by atoms with Gasteiger partial charge in [-0.25, -0.2) is 4.39 Å². The molecule has 2 rings (SSSR count). The lowest BCUT2D eigenvalue weighted by Crippen LogP contribution is -2.37. The molecular weight excluding hydrogens is 297 g/mol. The maximum absolute atomic E-state index is 13.8. The SMILES string of the molecule is CNCCCC(=O)N1CCCN(C(=O)c2ccccc2F)CC1. The van der Waals surface area contributed by atoms with Crippen molar-refractivity contribution in [3.63, 3.8) is 0 Å². The maximum Gasteiger partial charge on any atom is 0.256 e. The highest BCUT2D eigenvalue weighted by molar-refractivity contribution is 5.94. The van der Waals surface area contributed by atoms with Crippen molar-refractivity contribution in [1.82, 2.24) is 15.1 Å². The van der Waals surface area contributed by atoms with Crippen LogP contribution in [-0.2, 0) is 4.79 Å². The van der Waals surface area contributed by atoms with E-state index in [0.717, 1.165) is 19.4 Å². The number of hydrogen-bond donors (Lipinski definition) is 1. The van der Waals surface area contributed by atoms with E-state index in [4.69, 9.17) is 0 Å². The highest BCUT2D eigenvalue weighted by Crippen LogP contribution is 2.13. The maximum atomic E-state index is 13.8. The van der Waals surface area contributed by atoms with Crippen molar-refractivity contribution in [2.45, 2.75) is 19.3 Å². The fraction of sp³-hybridized carbons (Fsp3) is 0.529. The first-order chi connectivity index (χ1) is 11.1. The van der Waals surface area contributed by atoms with Gasteiger partial charge in [-0.3, -0.25) is 9.59 Å². The Balaban J connectivity index is 1.92. The van der Waals surface area contributed by atoms with Gasteiger partial charge in [0.25, 0.3) is 5.91 Å². The summed E-state index contributed by atoms with van der Waals surface area (Å²) in [5, 5.41) is 3.02. The summed E-state index contributed by atoms with van der Waals surface area (Å²) in [4.78, 5) is 28.0. The number of nitrogens with zero attached hydrogens (tertiary/aromatic N) is 2. The minimum Gasteiger partial charge on any atom is -0.341 e. The highest BCUT2D eigenvalue weighted by Gasteiger charge is 2.23. The van der Waals surface area contributed by atoms with Crippen LogP contribution in [0.5, 0.6) is 0 Å². The summed E-state index contributed by atoms with van der Waals surface area (Å²) in [6, 6.07) is 6.03. The zero-order chi connectivity index (χ0) is 16.7. The number of carbonyl (C=O) groups excluding carboxylic acids is 2. The molecule has 0 aliphatic carbocycles. The summed E-state index contributed by atoms with van der Waals surface area (Å²) in [7, 11) is 1.86. The van der Waals surface area contributed by atoms with Gasteiger partial charge < -0.3 is 15.1 Å². The van der Waals surface area contributed by atoms with Crippen LogP contribution in [0.15, 0.2) is 24.3 Å². The molecule has 1 N–H and O–H groups in total. The van der Waals surface area contributed by atoms with Gasteiger partial charge in [0.15, 0.2) is 0 Å². The molecule has 5 nitrogen and oxygen atoms in total. The smallest absolute Gasteiger partial charge is 0.256 e. The Morgan fingerprint density at radius 1 is 1.13 bits per heavy atom. The van der Waals surface area contributed by atoms with E-state index in [2.05, 4.69) is 5.32 Å². The van der Waals surface area contributed by atoms with Gasteiger partial charge in [0, 0.05) is 32.6 Å². The first-order valence-corrected chi connectivity index (χ1v) is 8.09. The Labute approximate surface area is 136 Å². The molecule has 1 heterocycles. The van der Waals surface area contributed by atoms with Crippen molar-refractivity contribution in [3.05, 3.63) is 35.6 Å². The van der Waals surface area contributed by atoms with Crippen LogP contribution in [0.2, 0.25) is 0 Å². The van der Waals surface area contributed by atoms with E-state index in [0.29, 0.717) is 32.6 Å². The molecule has 23 heavy (non-hydrogen) atoms. The second-order valence-electron chi connectivity index (χ2n) is 5.71. The lowest BCUT2D eigenvalue weighted by atomic mass is 10.2. The van der Waals surface area contributed by atoms with Gasteiger partial charge in [-0.2, -0.15) is 0 Å². The summed E-state index contributed by atoms with van der Waals surface area (Å²) in [5.41, 5.74) is 0.0984. The van der Waals surface area contributed by atoms with Crippen LogP contribution in [0.3, 0.4) is 0 Å². The predicted octanol–water partition coefficient (Wildman–Crippen LogP) is 1.50. The van der Waals surface area contributed by atoms with E-state index < -0.39 is 5.82 Å². The van der Waals surface area contributed by atoms with Crippen molar-refractivity contribution in [2.75, 3.05) is 39.8 Å². The molecule has 0 unspecified atom stereocenters. The van der Waals surface area contributed by atoms with Gasteiger partial charge in [0.2, 0.25) is 5.91 Å². The summed E-state index contributed by atoms with van der Waals surface area (Å²) < 4.78 is 13.8. The standard InChI is InChI=1S/C17H24FN3O2/c1-19-9-4-8-16(22)20-10-5-11-21(13-12-20)17(23)14-6-2-3-7-15(14)18/h2-3,6-7,19H,4-5,8-13H2,1H3. The average Bonchev–Trinajstić information content (AvgIpc) is 2.81. The van der Waals surface area contributed by atoms with Crippen LogP contribution < -0.4 is 5.32 Å². The van der Waals surface area contributed by atoms with E-state index in [9.17, 15) is 14.0 Å². The van der Waals surface area contributed by atoms with Crippen LogP contribution in [0.4, 0.5) is 4.39 Å². The van der Waals surface area contributed by atoms with Crippen LogP contribution >= 0.6 is 0 Å². The monoisotopic (exact) mass is 321 g/mol. The molecule has 0 radical (unpaired) electrons. The van der Waals surface area contributed by atoms with Gasteiger partial charge >= 0.3 is 0 Å². The number of carbonyl (C=O) groups is 2. The van der Waals surface area contributed by atoms with Crippen molar-refractivity contribution >= 4 is 11.8 Å². The quantitative estimate of drug-likeness (QED) is 0.836. The van der Waals surface area contributed by atoms with Gasteiger partial charge in [-0.05, 0) is 38.6 Å². The van der Waals surface area contributed by atoms with E-state index >= 15 is 0 Å². The van der Waals surface area contributed by atoms with Crippen molar-refractivity contribution in [1.29, 1.82) is 0 Å². The summed E-state index contributed by atoms with van der Waals surface area (Å²) >= 11 is 0. The number of rotatable bonds is 5. The number of halogens is 1. The normalized spacial score (nSPS) is 15.4. The molecule has 0 bridgehead atoms. The van der Waals surface area contributed by atoms with Gasteiger partial charge in [-0.1, -0.05) is 12.1 Å². The Hall–Kier alpha value is -1.95. The summed E-state index contributed by atoms with van der Waals surface area (Å²) in [6.07, 6.45) is 2.05. The molecule has 2 amide bonds. The molecule has 0 saturated carbocycles. The van der Waals surface area contributed by atoms with E-state index in [1.165, 1.54) is 12.1 Å². The number of hydrogen-bond acceptors (Lipinski definition) is 3. The zero-order valence-corrected chi connectivity index (χ0v) is 13.6. The third-order valence-corrected chi connectivity index (χ3v) is 4.06. The highest BCUT2D eigenvalue weighted by atomic mass is 19.1. The van der Waals surface area contributed by atoms with E-state index in [1.54, 1.807) is 17.0 Å². The Bertz CT molecular complexity index is 550. The van der Waals surface area contributed by atoms with Gasteiger partial charge in [-0.15, -0.1) is 0 Å². The number of nitrogens with one attached hydrogen (secondary N) is 1. The van der Waals surface area contributed by atoms with Crippen molar-refractivity contribution < 1.29 is 14.0 Å². The van der Waals surface area contributed by atoms with E-state index in [1.807, 2.05) is 11.9 Å². The van der Waals surface area contributed by atoms with Crippen molar-refractivity contribution in [3.8, 4) is 0 Å². The zero-order valence-electron chi connectivity index (χ0n) is 13.6. The second kappa shape index (κ2) is 8.62. The average molecular weight is 321 g/mol. The molecule has 1 aliphatic heterocycles. The molecule has 126 valence electrons. The fourth-order valence-electron chi connectivity index (χ4n) is 2.75. The number of benzene rings is 1. The molecule has 0 spiro atoms. The third-order valence-electron chi connectivity index (χ3n) is 4.06. The molecule has 0 aromatic heterocycles. The summed E-state index contributed by atoms with van der Waals surface area (Å²) in [5.74, 6) is -0.672. The van der Waals surface area contributed by atoms with E-state index in [-0.39, 0.29) is 17.4 Å². The van der Waals surface area contributed by atoms with Gasteiger partial charge in [0.05, 0.1) is 5.56 Å². The van der Waals surface area contributed by atoms with Gasteiger partial charge in [0.1, 0.15) is 5.82 Å². The Morgan fingerprint density at radius 2 is 1.83 bits per heavy atom. The molecular formula is C17H24FN3O2. The molecule has 1 aromatic rings. The second-order valence-corrected chi connectivity index (χ2v) is 5.71. The third kappa shape index (κ3) is 4.76. The predicted molar refractivity (Wildman–Crippen MR) is 86.7 cm³/mol. The molecule has 0 atom stereocenters. The first-order valence-electron chi connectivity index (χ1n) is 8.09. The summed E-state index contributed by atoms with van der Waals surface area (Å²) in [6.45, 7) is 2.98. The molecule has 1 aromatic carbocycles. The van der Waals surface area contributed by atoms with Crippen LogP contribution in [-0.4, -0.2) is 61.4 Å². The lowest BCUT2D eigenvalue weighted by molar-refractivity contribution is -0.131. The fourth-order valence-corrected chi connectivity index (χ4v) is 2.75. The Morgan fingerprint density at radius 3 is 2.57 bits per heavy atom. The van der Waals surface area contributed by atoms with Crippen LogP contribution in [0.1, 0.15) is 29.6 Å². The largest absolute Gasteiger partial charge is 0.341 e. The van der Waals surface area contributed by atoms with Crippen LogP contribution in [0, 0.1) is 5.82 Å². The minimum atomic E-state index is -0.498. The first kappa shape index (κ1) is 17.4. The Kier molecular flexibility index (Phi) is 6.52. The lowest BCUT2D eigenvalue weighted by Gasteiger charge is -2.22. The minimum absolute atomic E-state index is 0.0984. The molecule has 6 heteroatoms. The molecule has 1 aliphatic rings. The van der Waals surface area contributed by atoms with Crippen LogP contribution in [0.25, 0.3) is 0 Å². The molecule has 1 fully saturated rings. The molecule has 1 saturated heterocycles. The topological polar surface area (TPSA) is 52.7 Å². The van der Waals surface area contributed by atoms with Crippen molar-refractivity contribution in [2.24, 2.45) is 0 Å².